The number of esters is 1. The van der Waals surface area contributed by atoms with Crippen LogP contribution in [0.4, 0.5) is 10.1 Å². The van der Waals surface area contributed by atoms with Crippen LogP contribution in [0.15, 0.2) is 71.7 Å². The molecule has 3 aromatic rings. The van der Waals surface area contributed by atoms with E-state index in [1.807, 2.05) is 0 Å². The second-order valence-corrected chi connectivity index (χ2v) is 6.17. The minimum absolute atomic E-state index is 0.00790. The van der Waals surface area contributed by atoms with Crippen LogP contribution in [0.25, 0.3) is 0 Å². The van der Waals surface area contributed by atoms with Gasteiger partial charge in [-0.15, -0.1) is 0 Å². The normalized spacial score (nSPS) is 10.4. The molecule has 7 heteroatoms. The maximum atomic E-state index is 13.9. The van der Waals surface area contributed by atoms with E-state index < -0.39 is 23.3 Å². The molecule has 1 aromatic heterocycles. The molecule has 0 spiro atoms. The number of nitrogens with zero attached hydrogens (tertiary/aromatic N) is 1. The summed E-state index contributed by atoms with van der Waals surface area (Å²) in [6.45, 7) is 1.87. The van der Waals surface area contributed by atoms with E-state index in [0.29, 0.717) is 5.56 Å². The Hall–Kier alpha value is -3.74. The average molecular weight is 394 g/mol. The molecule has 0 saturated heterocycles. The van der Waals surface area contributed by atoms with Crippen LogP contribution < -0.4 is 10.9 Å². The van der Waals surface area contributed by atoms with Crippen LogP contribution >= 0.6 is 0 Å². The third-order valence-corrected chi connectivity index (χ3v) is 4.23. The van der Waals surface area contributed by atoms with Crippen molar-refractivity contribution in [3.8, 4) is 0 Å². The summed E-state index contributed by atoms with van der Waals surface area (Å²) in [5.41, 5.74) is 0.0642. The first kappa shape index (κ1) is 20.0. The number of halogens is 1. The lowest BCUT2D eigenvalue weighted by Crippen LogP contribution is -2.29. The Labute approximate surface area is 166 Å². The Morgan fingerprint density at radius 2 is 1.69 bits per heavy atom. The third kappa shape index (κ3) is 4.57. The molecule has 0 aliphatic rings. The number of pyridine rings is 1. The van der Waals surface area contributed by atoms with E-state index >= 15 is 0 Å². The van der Waals surface area contributed by atoms with Gasteiger partial charge in [0, 0.05) is 11.8 Å². The van der Waals surface area contributed by atoms with E-state index in [1.54, 1.807) is 43.3 Å². The van der Waals surface area contributed by atoms with Crippen LogP contribution in [-0.4, -0.2) is 23.1 Å². The molecule has 0 atom stereocenters. The first-order chi connectivity index (χ1) is 14.0. The highest BCUT2D eigenvalue weighted by Crippen LogP contribution is 2.17. The standard InChI is InChI=1S/C22H19FN2O4/c1-2-29-22(28)16-9-4-6-12-19(16)24-20(26)17-10-7-13-25(21(17)27)14-15-8-3-5-11-18(15)23/h3-13H,2,14H2,1H3,(H,24,26). The summed E-state index contributed by atoms with van der Waals surface area (Å²) in [7, 11) is 0. The van der Waals surface area contributed by atoms with E-state index in [-0.39, 0.29) is 30.0 Å². The third-order valence-electron chi connectivity index (χ3n) is 4.23. The second kappa shape index (κ2) is 8.97. The van der Waals surface area contributed by atoms with Gasteiger partial charge in [0.15, 0.2) is 0 Å². The van der Waals surface area contributed by atoms with Gasteiger partial charge >= 0.3 is 5.97 Å². The van der Waals surface area contributed by atoms with Gasteiger partial charge in [0.2, 0.25) is 0 Å². The first-order valence-electron chi connectivity index (χ1n) is 9.01. The lowest BCUT2D eigenvalue weighted by Gasteiger charge is -2.11. The van der Waals surface area contributed by atoms with Crippen LogP contribution in [0.1, 0.15) is 33.2 Å². The number of amides is 1. The largest absolute Gasteiger partial charge is 0.462 e. The van der Waals surface area contributed by atoms with E-state index in [4.69, 9.17) is 4.74 Å². The molecule has 1 heterocycles. The number of carbonyl (C=O) groups excluding carboxylic acids is 2. The summed E-state index contributed by atoms with van der Waals surface area (Å²) in [6, 6.07) is 15.4. The van der Waals surface area contributed by atoms with Crippen molar-refractivity contribution >= 4 is 17.6 Å². The number of ether oxygens (including phenoxy) is 1. The number of hydrogen-bond donors (Lipinski definition) is 1. The summed E-state index contributed by atoms with van der Waals surface area (Å²) in [5.74, 6) is -1.68. The SMILES string of the molecule is CCOC(=O)c1ccccc1NC(=O)c1cccn(Cc2ccccc2F)c1=O. The fourth-order valence-electron chi connectivity index (χ4n) is 2.81. The fourth-order valence-corrected chi connectivity index (χ4v) is 2.81. The molecule has 148 valence electrons. The summed E-state index contributed by atoms with van der Waals surface area (Å²) in [5, 5.41) is 2.58. The van der Waals surface area contributed by atoms with Gasteiger partial charge in [-0.2, -0.15) is 0 Å². The summed E-state index contributed by atoms with van der Waals surface area (Å²) >= 11 is 0. The number of para-hydroxylation sites is 1. The highest BCUT2D eigenvalue weighted by molar-refractivity contribution is 6.07. The van der Waals surface area contributed by atoms with Crippen LogP contribution in [-0.2, 0) is 11.3 Å². The van der Waals surface area contributed by atoms with E-state index in [2.05, 4.69) is 5.32 Å². The number of benzene rings is 2. The Balaban J connectivity index is 1.87. The molecular formula is C22H19FN2O4. The van der Waals surface area contributed by atoms with Crippen LogP contribution in [0.2, 0.25) is 0 Å². The average Bonchev–Trinajstić information content (AvgIpc) is 2.71. The number of aromatic nitrogens is 1. The van der Waals surface area contributed by atoms with Gasteiger partial charge in [0.05, 0.1) is 24.4 Å². The predicted octanol–water partition coefficient (Wildman–Crippen LogP) is 3.46. The number of rotatable bonds is 6. The minimum Gasteiger partial charge on any atom is -0.462 e. The number of carbonyl (C=O) groups is 2. The molecule has 0 aliphatic carbocycles. The zero-order valence-corrected chi connectivity index (χ0v) is 15.7. The summed E-state index contributed by atoms with van der Waals surface area (Å²) < 4.78 is 20.1. The molecule has 2 aromatic carbocycles. The zero-order chi connectivity index (χ0) is 20.8. The lowest BCUT2D eigenvalue weighted by atomic mass is 10.1. The van der Waals surface area contributed by atoms with Crippen LogP contribution in [0.3, 0.4) is 0 Å². The molecule has 29 heavy (non-hydrogen) atoms. The minimum atomic E-state index is -0.672. The van der Waals surface area contributed by atoms with E-state index in [0.717, 1.165) is 0 Å². The van der Waals surface area contributed by atoms with Crippen molar-refractivity contribution in [3.05, 3.63) is 99.7 Å². The van der Waals surface area contributed by atoms with Crippen molar-refractivity contribution in [1.82, 2.24) is 4.57 Å². The fraction of sp³-hybridized carbons (Fsp3) is 0.136. The molecule has 0 aliphatic heterocycles. The molecule has 0 fully saturated rings. The topological polar surface area (TPSA) is 77.4 Å². The number of nitrogens with one attached hydrogen (secondary N) is 1. The molecule has 0 bridgehead atoms. The molecule has 0 radical (unpaired) electrons. The van der Waals surface area contributed by atoms with Gasteiger partial charge in [-0.3, -0.25) is 9.59 Å². The highest BCUT2D eigenvalue weighted by Gasteiger charge is 2.17. The van der Waals surface area contributed by atoms with Gasteiger partial charge in [0.1, 0.15) is 11.4 Å². The van der Waals surface area contributed by atoms with Crippen molar-refractivity contribution in [2.24, 2.45) is 0 Å². The molecule has 3 rings (SSSR count). The van der Waals surface area contributed by atoms with Gasteiger partial charge in [-0.25, -0.2) is 9.18 Å². The maximum absolute atomic E-state index is 13.9. The van der Waals surface area contributed by atoms with E-state index in [1.165, 1.54) is 35.0 Å². The Bertz CT molecular complexity index is 1110. The van der Waals surface area contributed by atoms with Crippen molar-refractivity contribution in [2.45, 2.75) is 13.5 Å². The monoisotopic (exact) mass is 394 g/mol. The molecular weight excluding hydrogens is 375 g/mol. The van der Waals surface area contributed by atoms with Crippen LogP contribution in [0.5, 0.6) is 0 Å². The van der Waals surface area contributed by atoms with Crippen molar-refractivity contribution in [3.63, 3.8) is 0 Å². The molecule has 0 saturated carbocycles. The number of anilines is 1. The molecule has 0 unspecified atom stereocenters. The maximum Gasteiger partial charge on any atom is 0.340 e. The van der Waals surface area contributed by atoms with Crippen LogP contribution in [0, 0.1) is 5.82 Å². The lowest BCUT2D eigenvalue weighted by molar-refractivity contribution is 0.0527. The quantitative estimate of drug-likeness (QED) is 0.650. The zero-order valence-electron chi connectivity index (χ0n) is 15.7. The van der Waals surface area contributed by atoms with E-state index in [9.17, 15) is 18.8 Å². The van der Waals surface area contributed by atoms with Gasteiger partial charge < -0.3 is 14.6 Å². The Morgan fingerprint density at radius 1 is 1.00 bits per heavy atom. The Kier molecular flexibility index (Phi) is 6.19. The molecule has 1 amide bonds. The molecule has 1 N–H and O–H groups in total. The molecule has 6 nitrogen and oxygen atoms in total. The summed E-state index contributed by atoms with van der Waals surface area (Å²) in [6.07, 6.45) is 1.48. The Morgan fingerprint density at radius 3 is 2.45 bits per heavy atom. The van der Waals surface area contributed by atoms with Gasteiger partial charge in [-0.1, -0.05) is 30.3 Å². The van der Waals surface area contributed by atoms with Crippen molar-refractivity contribution in [2.75, 3.05) is 11.9 Å². The van der Waals surface area contributed by atoms with Gasteiger partial charge in [-0.05, 0) is 37.3 Å². The highest BCUT2D eigenvalue weighted by atomic mass is 19.1. The summed E-state index contributed by atoms with van der Waals surface area (Å²) in [4.78, 5) is 37.5. The van der Waals surface area contributed by atoms with Crippen molar-refractivity contribution < 1.29 is 18.7 Å². The first-order valence-corrected chi connectivity index (χ1v) is 9.01. The van der Waals surface area contributed by atoms with Crippen molar-refractivity contribution in [1.29, 1.82) is 0 Å². The number of hydrogen-bond acceptors (Lipinski definition) is 4. The second-order valence-electron chi connectivity index (χ2n) is 6.17. The smallest absolute Gasteiger partial charge is 0.340 e. The predicted molar refractivity (Wildman–Crippen MR) is 107 cm³/mol. The van der Waals surface area contributed by atoms with Gasteiger partial charge in [0.25, 0.3) is 11.5 Å².